The number of ether oxygens (including phenoxy) is 2. The van der Waals surface area contributed by atoms with Crippen molar-refractivity contribution in [1.29, 1.82) is 0 Å². The Morgan fingerprint density at radius 1 is 1.24 bits per heavy atom. The van der Waals surface area contributed by atoms with Gasteiger partial charge in [-0.15, -0.1) is 5.10 Å². The van der Waals surface area contributed by atoms with Crippen LogP contribution in [0.3, 0.4) is 0 Å². The highest BCUT2D eigenvalue weighted by molar-refractivity contribution is 5.42. The molecule has 0 aromatic carbocycles. The Kier molecular flexibility index (Phi) is 5.65. The smallest absolute Gasteiger partial charge is 0.183 e. The molecule has 1 atom stereocenters. The molecule has 134 valence electrons. The quantitative estimate of drug-likeness (QED) is 0.795. The Morgan fingerprint density at radius 3 is 2.84 bits per heavy atom. The first-order valence-electron chi connectivity index (χ1n) is 8.51. The van der Waals surface area contributed by atoms with Gasteiger partial charge in [-0.05, 0) is 32.0 Å². The molecule has 1 aliphatic rings. The minimum Gasteiger partial charge on any atom is -0.493 e. The van der Waals surface area contributed by atoms with Crippen LogP contribution < -0.4 is 14.4 Å². The molecule has 2 aromatic rings. The minimum atomic E-state index is 0.425. The second kappa shape index (κ2) is 8.11. The molecule has 1 unspecified atom stereocenters. The lowest BCUT2D eigenvalue weighted by molar-refractivity contribution is 0.202. The fourth-order valence-electron chi connectivity index (χ4n) is 3.31. The van der Waals surface area contributed by atoms with Crippen molar-refractivity contribution in [3.05, 3.63) is 36.3 Å². The van der Waals surface area contributed by atoms with E-state index in [0.717, 1.165) is 37.4 Å². The van der Waals surface area contributed by atoms with E-state index < -0.39 is 0 Å². The average molecular weight is 343 g/mol. The largest absolute Gasteiger partial charge is 0.493 e. The van der Waals surface area contributed by atoms with E-state index in [1.165, 1.54) is 0 Å². The van der Waals surface area contributed by atoms with Gasteiger partial charge in [0.25, 0.3) is 0 Å². The van der Waals surface area contributed by atoms with E-state index >= 15 is 0 Å². The van der Waals surface area contributed by atoms with Gasteiger partial charge >= 0.3 is 0 Å². The van der Waals surface area contributed by atoms with Crippen molar-refractivity contribution >= 4 is 5.82 Å². The van der Waals surface area contributed by atoms with Crippen molar-refractivity contribution in [2.75, 3.05) is 39.3 Å². The third-order valence-electron chi connectivity index (χ3n) is 4.67. The summed E-state index contributed by atoms with van der Waals surface area (Å²) < 4.78 is 10.9. The molecule has 0 radical (unpaired) electrons. The van der Waals surface area contributed by atoms with Crippen LogP contribution in [0, 0.1) is 0 Å². The van der Waals surface area contributed by atoms with E-state index in [1.807, 2.05) is 18.2 Å². The lowest BCUT2D eigenvalue weighted by atomic mass is 10.0. The van der Waals surface area contributed by atoms with Crippen LogP contribution in [0.15, 0.2) is 30.6 Å². The first kappa shape index (κ1) is 17.4. The highest BCUT2D eigenvalue weighted by atomic mass is 16.5. The molecule has 1 aliphatic heterocycles. The van der Waals surface area contributed by atoms with Crippen molar-refractivity contribution in [3.8, 4) is 11.5 Å². The molecule has 3 rings (SSSR count). The van der Waals surface area contributed by atoms with Gasteiger partial charge in [-0.25, -0.2) is 0 Å². The van der Waals surface area contributed by atoms with Crippen LogP contribution in [0.25, 0.3) is 0 Å². The summed E-state index contributed by atoms with van der Waals surface area (Å²) >= 11 is 0. The summed E-state index contributed by atoms with van der Waals surface area (Å²) in [5, 5.41) is 8.23. The third-order valence-corrected chi connectivity index (χ3v) is 4.67. The molecule has 1 saturated heterocycles. The van der Waals surface area contributed by atoms with Gasteiger partial charge in [0.2, 0.25) is 0 Å². The van der Waals surface area contributed by atoms with Crippen molar-refractivity contribution < 1.29 is 9.47 Å². The molecule has 0 N–H and O–H groups in total. The maximum absolute atomic E-state index is 5.50. The van der Waals surface area contributed by atoms with E-state index in [1.54, 1.807) is 26.6 Å². The second-order valence-electron chi connectivity index (χ2n) is 6.23. The molecule has 0 aliphatic carbocycles. The van der Waals surface area contributed by atoms with Gasteiger partial charge in [-0.3, -0.25) is 9.88 Å². The predicted molar refractivity (Wildman–Crippen MR) is 96.1 cm³/mol. The van der Waals surface area contributed by atoms with Crippen LogP contribution >= 0.6 is 0 Å². The lowest BCUT2D eigenvalue weighted by Crippen LogP contribution is -2.46. The van der Waals surface area contributed by atoms with Gasteiger partial charge in [0.1, 0.15) is 5.69 Å². The second-order valence-corrected chi connectivity index (χ2v) is 6.23. The Bertz CT molecular complexity index is 682. The number of piperidine rings is 1. The zero-order valence-electron chi connectivity index (χ0n) is 15.1. The van der Waals surface area contributed by atoms with Crippen LogP contribution in [-0.4, -0.2) is 60.5 Å². The summed E-state index contributed by atoms with van der Waals surface area (Å²) in [5.74, 6) is 2.36. The number of likely N-dealkylation sites (N-methyl/N-ethyl adjacent to an activating group) is 1. The zero-order chi connectivity index (χ0) is 17.6. The Labute approximate surface area is 148 Å². The van der Waals surface area contributed by atoms with E-state index in [2.05, 4.69) is 32.0 Å². The number of anilines is 1. The van der Waals surface area contributed by atoms with Crippen molar-refractivity contribution in [2.45, 2.75) is 25.4 Å². The molecule has 3 heterocycles. The first-order valence-corrected chi connectivity index (χ1v) is 8.51. The van der Waals surface area contributed by atoms with E-state index in [9.17, 15) is 0 Å². The number of pyridine rings is 1. The summed E-state index contributed by atoms with van der Waals surface area (Å²) in [7, 11) is 5.43. The van der Waals surface area contributed by atoms with Gasteiger partial charge in [0.15, 0.2) is 17.3 Å². The molecular weight excluding hydrogens is 318 g/mol. The molecule has 25 heavy (non-hydrogen) atoms. The summed E-state index contributed by atoms with van der Waals surface area (Å²) in [6.07, 6.45) is 5.75. The Balaban J connectivity index is 1.70. The summed E-state index contributed by atoms with van der Waals surface area (Å²) in [6, 6.07) is 6.19. The highest BCUT2D eigenvalue weighted by Crippen LogP contribution is 2.30. The van der Waals surface area contributed by atoms with E-state index in [0.29, 0.717) is 24.1 Å². The third kappa shape index (κ3) is 3.99. The predicted octanol–water partition coefficient (Wildman–Crippen LogP) is 1.99. The fraction of sp³-hybridized carbons (Fsp3) is 0.500. The number of aromatic nitrogens is 3. The maximum Gasteiger partial charge on any atom is 0.183 e. The Hall–Kier alpha value is -2.41. The molecule has 7 heteroatoms. The lowest BCUT2D eigenvalue weighted by Gasteiger charge is -2.38. The topological polar surface area (TPSA) is 63.6 Å². The molecule has 0 bridgehead atoms. The molecule has 0 spiro atoms. The van der Waals surface area contributed by atoms with E-state index in [4.69, 9.17) is 9.47 Å². The number of methoxy groups -OCH3 is 2. The minimum absolute atomic E-state index is 0.425. The first-order chi connectivity index (χ1) is 12.2. The number of rotatable bonds is 6. The Morgan fingerprint density at radius 2 is 2.12 bits per heavy atom. The van der Waals surface area contributed by atoms with Gasteiger partial charge < -0.3 is 14.4 Å². The van der Waals surface area contributed by atoms with Crippen molar-refractivity contribution in [3.63, 3.8) is 0 Å². The fourth-order valence-corrected chi connectivity index (χ4v) is 3.31. The van der Waals surface area contributed by atoms with Crippen LogP contribution in [0.4, 0.5) is 5.82 Å². The molecule has 1 fully saturated rings. The number of hydrogen-bond acceptors (Lipinski definition) is 7. The van der Waals surface area contributed by atoms with Gasteiger partial charge in [0, 0.05) is 44.1 Å². The van der Waals surface area contributed by atoms with Crippen molar-refractivity contribution in [2.24, 2.45) is 0 Å². The number of hydrogen-bond donors (Lipinski definition) is 0. The van der Waals surface area contributed by atoms with Gasteiger partial charge in [-0.2, -0.15) is 5.10 Å². The summed E-state index contributed by atoms with van der Waals surface area (Å²) in [6.45, 7) is 2.66. The average Bonchev–Trinajstić information content (AvgIpc) is 2.68. The summed E-state index contributed by atoms with van der Waals surface area (Å²) in [4.78, 5) is 9.11. The number of nitrogens with zero attached hydrogens (tertiary/aromatic N) is 5. The molecule has 2 aromatic heterocycles. The molecule has 0 saturated carbocycles. The standard InChI is InChI=1S/C18H25N5O2/c1-22(13-15-18(25-3)16(24-2)8-10-19-15)14-6-5-11-23(12-14)17-7-4-9-20-21-17/h4,7-10,14H,5-6,11-13H2,1-3H3. The van der Waals surface area contributed by atoms with Crippen LogP contribution in [0.2, 0.25) is 0 Å². The summed E-state index contributed by atoms with van der Waals surface area (Å²) in [5.41, 5.74) is 0.890. The monoisotopic (exact) mass is 343 g/mol. The zero-order valence-corrected chi connectivity index (χ0v) is 15.1. The maximum atomic E-state index is 5.50. The molecule has 7 nitrogen and oxygen atoms in total. The van der Waals surface area contributed by atoms with E-state index in [-0.39, 0.29) is 0 Å². The highest BCUT2D eigenvalue weighted by Gasteiger charge is 2.25. The normalized spacial score (nSPS) is 17.6. The molecule has 0 amide bonds. The SMILES string of the molecule is COc1ccnc(CN(C)C2CCCN(c3cccnn3)C2)c1OC. The van der Waals surface area contributed by atoms with Crippen LogP contribution in [0.5, 0.6) is 11.5 Å². The van der Waals surface area contributed by atoms with Gasteiger partial charge in [0.05, 0.1) is 14.2 Å². The van der Waals surface area contributed by atoms with Crippen LogP contribution in [0.1, 0.15) is 18.5 Å². The van der Waals surface area contributed by atoms with Crippen LogP contribution in [-0.2, 0) is 6.54 Å². The molecular formula is C18H25N5O2. The van der Waals surface area contributed by atoms with Crippen molar-refractivity contribution in [1.82, 2.24) is 20.1 Å². The van der Waals surface area contributed by atoms with Gasteiger partial charge in [-0.1, -0.05) is 0 Å².